The summed E-state index contributed by atoms with van der Waals surface area (Å²) < 4.78 is 7.44. The van der Waals surface area contributed by atoms with Crippen LogP contribution < -0.4 is 0 Å². The summed E-state index contributed by atoms with van der Waals surface area (Å²) in [6.45, 7) is 0. The van der Waals surface area contributed by atoms with E-state index in [2.05, 4.69) is 167 Å². The second-order valence-corrected chi connectivity index (χ2v) is 12.2. The minimum absolute atomic E-state index is 0.156. The van der Waals surface area contributed by atoms with Crippen LogP contribution in [0.1, 0.15) is 16.7 Å². The quantitative estimate of drug-likeness (QED) is 0.381. The van der Waals surface area contributed by atoms with Crippen molar-refractivity contribution in [3.63, 3.8) is 0 Å². The number of allylic oxidation sites excluding steroid dienone is 6. The molecule has 9 rings (SSSR count). The summed E-state index contributed by atoms with van der Waals surface area (Å²) in [5, 5.41) is 0. The van der Waals surface area contributed by atoms with Gasteiger partial charge < -0.3 is 0 Å². The molecule has 0 fully saturated rings. The Kier molecular flexibility index (Phi) is 5.18. The summed E-state index contributed by atoms with van der Waals surface area (Å²) in [6, 6.07) is 32.9. The Balaban J connectivity index is 1.37. The Hall–Kier alpha value is -4.93. The number of hydrogen-bond acceptors (Lipinski definition) is 1. The average molecular weight is 558 g/mol. The predicted octanol–water partition coefficient (Wildman–Crippen LogP) is 5.63. The Morgan fingerprint density at radius 1 is 0.395 bits per heavy atom. The molecule has 0 spiro atoms. The first-order chi connectivity index (χ1) is 21.1. The maximum absolute atomic E-state index is 2.79. The molecule has 4 heteroatoms. The van der Waals surface area contributed by atoms with Crippen LogP contribution in [0.3, 0.4) is 0 Å². The van der Waals surface area contributed by atoms with Gasteiger partial charge in [0.25, 0.3) is 0 Å². The van der Waals surface area contributed by atoms with E-state index in [9.17, 15) is 0 Å². The van der Waals surface area contributed by atoms with Crippen LogP contribution in [0.25, 0.3) is 16.7 Å². The van der Waals surface area contributed by atoms with Gasteiger partial charge in [0, 0.05) is 36.5 Å². The zero-order valence-electron chi connectivity index (χ0n) is 24.6. The van der Waals surface area contributed by atoms with Crippen molar-refractivity contribution >= 4 is 33.9 Å². The first-order valence-electron chi connectivity index (χ1n) is 15.1. The highest BCUT2D eigenvalue weighted by atomic mass is 15.4. The lowest BCUT2D eigenvalue weighted by Gasteiger charge is -2.48. The molecule has 0 bridgehead atoms. The van der Waals surface area contributed by atoms with E-state index in [0.29, 0.717) is 0 Å². The summed E-state index contributed by atoms with van der Waals surface area (Å²) in [5.74, 6) is 0. The molecule has 6 aliphatic rings. The van der Waals surface area contributed by atoms with Gasteiger partial charge in [-0.1, -0.05) is 91.0 Å². The molecule has 3 aromatic carbocycles. The van der Waals surface area contributed by atoms with Gasteiger partial charge in [0.15, 0.2) is 18.1 Å². The molecule has 3 aliphatic carbocycles. The summed E-state index contributed by atoms with van der Waals surface area (Å²) in [4.78, 5) is 2.79. The molecule has 0 aromatic heterocycles. The maximum atomic E-state index is 2.79. The minimum atomic E-state index is 0.156. The standard InChI is InChI=1S/C39H33N4/c1-40-31-19-28(25-13-7-4-8-14-25)21-33-37(31)43-38-32(40)20-29(26-15-9-5-10-16-26)22-34(38)42(3)36-24-30(27-17-11-6-12-18-27)23-35(39(36)43)41(33)2/h4-24,37-39H,1-3H3/q+3. The monoisotopic (exact) mass is 557 g/mol. The largest absolute Gasteiger partial charge is 0.239 e. The van der Waals surface area contributed by atoms with Crippen LogP contribution in [-0.4, -0.2) is 75.0 Å². The fourth-order valence-electron chi connectivity index (χ4n) is 7.89. The van der Waals surface area contributed by atoms with Gasteiger partial charge in [-0.25, -0.2) is 4.90 Å². The molecule has 0 amide bonds. The van der Waals surface area contributed by atoms with Crippen molar-refractivity contribution < 1.29 is 13.7 Å². The molecule has 206 valence electrons. The lowest BCUT2D eigenvalue weighted by atomic mass is 9.77. The van der Waals surface area contributed by atoms with Crippen molar-refractivity contribution in [1.29, 1.82) is 0 Å². The zero-order valence-corrected chi connectivity index (χ0v) is 24.6. The highest BCUT2D eigenvalue weighted by Crippen LogP contribution is 2.45. The molecule has 0 N–H and O–H groups in total. The average Bonchev–Trinajstić information content (AvgIpc) is 3.07. The van der Waals surface area contributed by atoms with E-state index in [4.69, 9.17) is 0 Å². The number of benzene rings is 3. The van der Waals surface area contributed by atoms with Gasteiger partial charge in [-0.3, -0.25) is 0 Å². The van der Waals surface area contributed by atoms with Crippen LogP contribution in [0.5, 0.6) is 0 Å². The smallest absolute Gasteiger partial charge is 0.210 e. The second kappa shape index (κ2) is 9.03. The number of nitrogens with zero attached hydrogens (tertiary/aromatic N) is 4. The Morgan fingerprint density at radius 3 is 0.953 bits per heavy atom. The molecule has 0 radical (unpaired) electrons. The van der Waals surface area contributed by atoms with Crippen LogP contribution in [-0.2, 0) is 0 Å². The lowest BCUT2D eigenvalue weighted by molar-refractivity contribution is -0.502. The van der Waals surface area contributed by atoms with Gasteiger partial charge in [-0.05, 0) is 33.4 Å². The number of hydrogen-bond donors (Lipinski definition) is 0. The third kappa shape index (κ3) is 3.44. The van der Waals surface area contributed by atoms with Gasteiger partial charge >= 0.3 is 0 Å². The normalized spacial score (nSPS) is 25.3. The highest BCUT2D eigenvalue weighted by molar-refractivity contribution is 6.15. The van der Waals surface area contributed by atoms with E-state index in [1.165, 1.54) is 67.6 Å². The summed E-state index contributed by atoms with van der Waals surface area (Å²) in [6.07, 6.45) is 14.6. The van der Waals surface area contributed by atoms with Crippen LogP contribution >= 0.6 is 0 Å². The molecule has 3 atom stereocenters. The molecule has 43 heavy (non-hydrogen) atoms. The van der Waals surface area contributed by atoms with Gasteiger partial charge in [0.05, 0.1) is 0 Å². The molecule has 0 saturated heterocycles. The summed E-state index contributed by atoms with van der Waals surface area (Å²) in [5.41, 5.74) is 15.5. The first-order valence-corrected chi connectivity index (χ1v) is 15.1. The van der Waals surface area contributed by atoms with Gasteiger partial charge in [-0.2, -0.15) is 13.7 Å². The van der Waals surface area contributed by atoms with Gasteiger partial charge in [0.2, 0.25) is 34.2 Å². The van der Waals surface area contributed by atoms with Crippen molar-refractivity contribution in [3.05, 3.63) is 161 Å². The van der Waals surface area contributed by atoms with E-state index < -0.39 is 0 Å². The first kappa shape index (κ1) is 24.6. The minimum Gasteiger partial charge on any atom is -0.239 e. The van der Waals surface area contributed by atoms with Crippen LogP contribution in [0, 0.1) is 0 Å². The molecule has 3 aliphatic heterocycles. The second-order valence-electron chi connectivity index (χ2n) is 12.2. The Labute approximate surface area is 252 Å². The number of likely N-dealkylation sites (N-methyl/N-ethyl adjacent to an activating group) is 3. The zero-order chi connectivity index (χ0) is 28.8. The van der Waals surface area contributed by atoms with E-state index in [-0.39, 0.29) is 18.1 Å². The molecule has 3 unspecified atom stereocenters. The molecular formula is C39H33N4+3. The van der Waals surface area contributed by atoms with E-state index in [1.807, 2.05) is 0 Å². The predicted molar refractivity (Wildman–Crippen MR) is 174 cm³/mol. The van der Waals surface area contributed by atoms with Crippen LogP contribution in [0.2, 0.25) is 0 Å². The maximum Gasteiger partial charge on any atom is 0.210 e. The van der Waals surface area contributed by atoms with E-state index in [0.717, 1.165) is 0 Å². The summed E-state index contributed by atoms with van der Waals surface area (Å²) in [7, 11) is 6.81. The van der Waals surface area contributed by atoms with Crippen molar-refractivity contribution in [3.8, 4) is 0 Å². The van der Waals surface area contributed by atoms with Crippen molar-refractivity contribution in [1.82, 2.24) is 4.90 Å². The Bertz CT molecular complexity index is 1790. The number of rotatable bonds is 3. The fourth-order valence-corrected chi connectivity index (χ4v) is 7.89. The third-order valence-electron chi connectivity index (χ3n) is 10.0. The highest BCUT2D eigenvalue weighted by Gasteiger charge is 2.64. The molecule has 3 aromatic rings. The SMILES string of the molecule is C[N+]1=C2C=C(c3ccccc3)C=C3C2N2C4C1=CC(c1ccccc1)=CC4=[N+](C)C1=CC(c4ccccc4)=CC(=[N+]3C)C12. The topological polar surface area (TPSA) is 12.3 Å². The van der Waals surface area contributed by atoms with Crippen LogP contribution in [0.4, 0.5) is 0 Å². The molecular weight excluding hydrogens is 524 g/mol. The van der Waals surface area contributed by atoms with Crippen molar-refractivity contribution in [2.45, 2.75) is 18.1 Å². The van der Waals surface area contributed by atoms with E-state index in [1.54, 1.807) is 0 Å². The van der Waals surface area contributed by atoms with Gasteiger partial charge in [0.1, 0.15) is 21.1 Å². The fraction of sp³-hybridized carbons (Fsp3) is 0.154. The van der Waals surface area contributed by atoms with Crippen molar-refractivity contribution in [2.75, 3.05) is 21.1 Å². The van der Waals surface area contributed by atoms with Gasteiger partial charge in [-0.15, -0.1) is 0 Å². The molecule has 0 saturated carbocycles. The third-order valence-corrected chi connectivity index (χ3v) is 10.0. The Morgan fingerprint density at radius 2 is 0.674 bits per heavy atom. The van der Waals surface area contributed by atoms with Crippen LogP contribution in [0.15, 0.2) is 145 Å². The van der Waals surface area contributed by atoms with Crippen molar-refractivity contribution in [2.24, 2.45) is 0 Å². The molecule has 3 heterocycles. The van der Waals surface area contributed by atoms with E-state index >= 15 is 0 Å². The lowest BCUT2D eigenvalue weighted by Crippen LogP contribution is -2.72. The summed E-state index contributed by atoms with van der Waals surface area (Å²) >= 11 is 0. The molecule has 4 nitrogen and oxygen atoms in total.